The van der Waals surface area contributed by atoms with Crippen LogP contribution in [0.15, 0.2) is 42.7 Å². The van der Waals surface area contributed by atoms with Crippen LogP contribution >= 0.6 is 0 Å². The summed E-state index contributed by atoms with van der Waals surface area (Å²) in [6.07, 6.45) is 7.71. The van der Waals surface area contributed by atoms with E-state index in [4.69, 9.17) is 14.2 Å². The Bertz CT molecular complexity index is 650. The van der Waals surface area contributed by atoms with Crippen LogP contribution in [0.4, 0.5) is 0 Å². The fourth-order valence-electron chi connectivity index (χ4n) is 3.05. The summed E-state index contributed by atoms with van der Waals surface area (Å²) in [5.74, 6) is 3.05. The maximum absolute atomic E-state index is 5.80. The molecule has 4 heteroatoms. The molecule has 0 atom stereocenters. The first kappa shape index (κ1) is 16.6. The number of hydrogen-bond donors (Lipinski definition) is 0. The minimum Gasteiger partial charge on any atom is -0.493 e. The van der Waals surface area contributed by atoms with E-state index in [-0.39, 0.29) is 0 Å². The Morgan fingerprint density at radius 1 is 1.04 bits per heavy atom. The van der Waals surface area contributed by atoms with Gasteiger partial charge >= 0.3 is 0 Å². The van der Waals surface area contributed by atoms with Crippen molar-refractivity contribution in [3.8, 4) is 17.2 Å². The average molecular weight is 328 g/mol. The highest BCUT2D eigenvalue weighted by Crippen LogP contribution is 2.35. The molecule has 4 nitrogen and oxygen atoms in total. The van der Waals surface area contributed by atoms with Gasteiger partial charge in [0.25, 0.3) is 0 Å². The van der Waals surface area contributed by atoms with E-state index < -0.39 is 0 Å². The average Bonchev–Trinajstić information content (AvgIpc) is 3.09. The van der Waals surface area contributed by atoms with Crippen molar-refractivity contribution in [1.82, 2.24) is 0 Å². The molecule has 2 heterocycles. The van der Waals surface area contributed by atoms with E-state index in [1.807, 2.05) is 18.2 Å². The van der Waals surface area contributed by atoms with Gasteiger partial charge in [-0.05, 0) is 36.5 Å². The molecule has 0 unspecified atom stereocenters. The maximum atomic E-state index is 5.80. The zero-order valence-electron chi connectivity index (χ0n) is 14.5. The summed E-state index contributed by atoms with van der Waals surface area (Å²) in [5, 5.41) is 0. The van der Waals surface area contributed by atoms with Crippen molar-refractivity contribution < 1.29 is 18.8 Å². The van der Waals surface area contributed by atoms with Gasteiger partial charge in [-0.1, -0.05) is 13.8 Å². The topological polar surface area (TPSA) is 31.6 Å². The molecule has 0 fully saturated rings. The number of benzene rings is 1. The lowest BCUT2D eigenvalue weighted by molar-refractivity contribution is -0.697. The minimum atomic E-state index is 0.294. The van der Waals surface area contributed by atoms with Gasteiger partial charge in [-0.25, -0.2) is 4.57 Å². The Kier molecular flexibility index (Phi) is 5.57. The fourth-order valence-corrected chi connectivity index (χ4v) is 3.05. The normalized spacial score (nSPS) is 12.6. The van der Waals surface area contributed by atoms with E-state index in [0.29, 0.717) is 19.3 Å². The molecule has 0 amide bonds. The molecule has 1 aliphatic rings. The van der Waals surface area contributed by atoms with E-state index in [2.05, 4.69) is 42.9 Å². The van der Waals surface area contributed by atoms with Crippen LogP contribution in [-0.2, 0) is 6.54 Å². The van der Waals surface area contributed by atoms with E-state index in [1.165, 1.54) is 18.4 Å². The zero-order valence-corrected chi connectivity index (χ0v) is 14.5. The van der Waals surface area contributed by atoms with Gasteiger partial charge in [0.05, 0.1) is 6.61 Å². The van der Waals surface area contributed by atoms with Gasteiger partial charge in [0.15, 0.2) is 30.4 Å². The van der Waals surface area contributed by atoms with Crippen molar-refractivity contribution >= 4 is 0 Å². The Morgan fingerprint density at radius 2 is 1.79 bits per heavy atom. The van der Waals surface area contributed by atoms with Crippen LogP contribution in [0, 0.1) is 0 Å². The van der Waals surface area contributed by atoms with Gasteiger partial charge in [-0.15, -0.1) is 0 Å². The molecule has 1 aromatic carbocycles. The first-order valence-corrected chi connectivity index (χ1v) is 8.81. The third kappa shape index (κ3) is 3.99. The number of aryl methyl sites for hydroxylation is 1. The van der Waals surface area contributed by atoms with E-state index in [9.17, 15) is 0 Å². The molecule has 24 heavy (non-hydrogen) atoms. The molecule has 0 saturated carbocycles. The highest BCUT2D eigenvalue weighted by molar-refractivity contribution is 5.46. The van der Waals surface area contributed by atoms with Gasteiger partial charge in [-0.3, -0.25) is 0 Å². The molecular weight excluding hydrogens is 302 g/mol. The fraction of sp³-hybridized carbons (Fsp3) is 0.450. The Morgan fingerprint density at radius 3 is 2.54 bits per heavy atom. The summed E-state index contributed by atoms with van der Waals surface area (Å²) in [7, 11) is 0. The third-order valence-corrected chi connectivity index (χ3v) is 4.55. The van der Waals surface area contributed by atoms with E-state index in [1.54, 1.807) is 0 Å². The highest BCUT2D eigenvalue weighted by Gasteiger charge is 2.13. The van der Waals surface area contributed by atoms with E-state index in [0.717, 1.165) is 30.2 Å². The largest absolute Gasteiger partial charge is 0.493 e. The predicted octanol–water partition coefficient (Wildman–Crippen LogP) is 4.08. The van der Waals surface area contributed by atoms with Gasteiger partial charge in [0.2, 0.25) is 6.79 Å². The first-order chi connectivity index (χ1) is 11.8. The van der Waals surface area contributed by atoms with Crippen molar-refractivity contribution in [3.63, 3.8) is 0 Å². The molecule has 3 rings (SSSR count). The molecular formula is C20H26NO3+. The zero-order chi connectivity index (χ0) is 16.8. The van der Waals surface area contributed by atoms with Crippen LogP contribution < -0.4 is 18.8 Å². The first-order valence-electron chi connectivity index (χ1n) is 8.81. The van der Waals surface area contributed by atoms with Crippen molar-refractivity contribution in [1.29, 1.82) is 0 Å². The van der Waals surface area contributed by atoms with Gasteiger partial charge in [0.1, 0.15) is 5.75 Å². The van der Waals surface area contributed by atoms with Crippen LogP contribution in [-0.4, -0.2) is 13.4 Å². The quantitative estimate of drug-likeness (QED) is 0.540. The molecule has 0 spiro atoms. The Balaban J connectivity index is 1.45. The van der Waals surface area contributed by atoms with Crippen molar-refractivity contribution in [2.75, 3.05) is 13.4 Å². The summed E-state index contributed by atoms with van der Waals surface area (Å²) >= 11 is 0. The van der Waals surface area contributed by atoms with Crippen molar-refractivity contribution in [3.05, 3.63) is 48.3 Å². The predicted molar refractivity (Wildman–Crippen MR) is 92.6 cm³/mol. The lowest BCUT2D eigenvalue weighted by atomic mass is 9.95. The van der Waals surface area contributed by atoms with E-state index >= 15 is 0 Å². The standard InChI is InChI=1S/C20H26NO3/c1-3-16(4-2)17-8-11-21(12-9-17)10-5-13-22-18-6-7-19-20(14-18)24-15-23-19/h6-9,11-12,14,16H,3-5,10,13,15H2,1-2H3/q+1. The molecule has 0 N–H and O–H groups in total. The summed E-state index contributed by atoms with van der Waals surface area (Å²) in [6.45, 7) is 6.43. The van der Waals surface area contributed by atoms with Crippen LogP contribution in [0.2, 0.25) is 0 Å². The number of fused-ring (bicyclic) bond motifs is 1. The number of ether oxygens (including phenoxy) is 3. The van der Waals surface area contributed by atoms with Crippen molar-refractivity contribution in [2.45, 2.75) is 45.6 Å². The van der Waals surface area contributed by atoms with Crippen molar-refractivity contribution in [2.24, 2.45) is 0 Å². The number of nitrogens with zero attached hydrogens (tertiary/aromatic N) is 1. The van der Waals surface area contributed by atoms with Gasteiger partial charge < -0.3 is 14.2 Å². The highest BCUT2D eigenvalue weighted by atomic mass is 16.7. The second-order valence-electron chi connectivity index (χ2n) is 6.10. The monoisotopic (exact) mass is 328 g/mol. The second kappa shape index (κ2) is 8.04. The second-order valence-corrected chi connectivity index (χ2v) is 6.10. The molecule has 2 aromatic rings. The smallest absolute Gasteiger partial charge is 0.231 e. The molecule has 0 bridgehead atoms. The molecule has 0 saturated heterocycles. The number of hydrogen-bond acceptors (Lipinski definition) is 3. The number of rotatable bonds is 8. The van der Waals surface area contributed by atoms with Crippen LogP contribution in [0.25, 0.3) is 0 Å². The van der Waals surface area contributed by atoms with Crippen LogP contribution in [0.1, 0.15) is 44.6 Å². The van der Waals surface area contributed by atoms with Crippen LogP contribution in [0.5, 0.6) is 17.2 Å². The Hall–Kier alpha value is -2.23. The molecule has 1 aliphatic heterocycles. The van der Waals surface area contributed by atoms with Gasteiger partial charge in [-0.2, -0.15) is 0 Å². The maximum Gasteiger partial charge on any atom is 0.231 e. The molecule has 128 valence electrons. The lowest BCUT2D eigenvalue weighted by Crippen LogP contribution is -2.33. The van der Waals surface area contributed by atoms with Crippen LogP contribution in [0.3, 0.4) is 0 Å². The number of aromatic nitrogens is 1. The summed E-state index contributed by atoms with van der Waals surface area (Å²) in [5.41, 5.74) is 1.44. The minimum absolute atomic E-state index is 0.294. The van der Waals surface area contributed by atoms with Gasteiger partial charge in [0, 0.05) is 24.6 Å². The summed E-state index contributed by atoms with van der Waals surface area (Å²) in [6, 6.07) is 10.2. The lowest BCUT2D eigenvalue weighted by Gasteiger charge is -2.11. The number of pyridine rings is 1. The SMILES string of the molecule is CCC(CC)c1cc[n+](CCCOc2ccc3c(c2)OCO3)cc1. The third-order valence-electron chi connectivity index (χ3n) is 4.55. The summed E-state index contributed by atoms with van der Waals surface area (Å²) in [4.78, 5) is 0. The summed E-state index contributed by atoms with van der Waals surface area (Å²) < 4.78 is 18.7. The molecule has 0 aliphatic carbocycles. The Labute approximate surface area is 144 Å². The molecule has 1 aromatic heterocycles. The molecule has 0 radical (unpaired) electrons.